The van der Waals surface area contributed by atoms with Crippen molar-refractivity contribution in [3.05, 3.63) is 24.8 Å². The van der Waals surface area contributed by atoms with Gasteiger partial charge in [-0.25, -0.2) is 0 Å². The Balaban J connectivity index is 2.25. The molecule has 0 aromatic carbocycles. The predicted octanol–water partition coefficient (Wildman–Crippen LogP) is 2.80. The molecule has 1 unspecified atom stereocenters. The normalized spacial score (nSPS) is 43.1. The van der Waals surface area contributed by atoms with Crippen molar-refractivity contribution in [1.29, 1.82) is 0 Å². The Morgan fingerprint density at radius 3 is 2.61 bits per heavy atom. The SMILES string of the molecule is C=C[C@]1(C)CCC([C@]2(C)OC(C)(C)C=CC2=O)O1. The summed E-state index contributed by atoms with van der Waals surface area (Å²) in [6.45, 7) is 11.5. The maximum atomic E-state index is 12.2. The van der Waals surface area contributed by atoms with Crippen LogP contribution in [0.3, 0.4) is 0 Å². The zero-order valence-electron chi connectivity index (χ0n) is 11.7. The Labute approximate surface area is 109 Å². The quantitative estimate of drug-likeness (QED) is 0.707. The molecule has 0 bridgehead atoms. The number of hydrogen-bond donors (Lipinski definition) is 0. The zero-order chi connectivity index (χ0) is 13.6. The third-order valence-corrected chi connectivity index (χ3v) is 3.96. The Bertz CT molecular complexity index is 410. The first-order valence-corrected chi connectivity index (χ1v) is 6.46. The first kappa shape index (κ1) is 13.5. The number of ketones is 1. The summed E-state index contributed by atoms with van der Waals surface area (Å²) in [4.78, 5) is 12.2. The van der Waals surface area contributed by atoms with Gasteiger partial charge in [0.25, 0.3) is 0 Å². The lowest BCUT2D eigenvalue weighted by molar-refractivity contribution is -0.190. The molecule has 2 aliphatic heterocycles. The highest BCUT2D eigenvalue weighted by atomic mass is 16.6. The molecule has 1 fully saturated rings. The topological polar surface area (TPSA) is 35.5 Å². The van der Waals surface area contributed by atoms with Crippen LogP contribution in [0.5, 0.6) is 0 Å². The number of hydrogen-bond acceptors (Lipinski definition) is 3. The van der Waals surface area contributed by atoms with Gasteiger partial charge in [0.15, 0.2) is 11.4 Å². The van der Waals surface area contributed by atoms with Crippen LogP contribution in [-0.4, -0.2) is 28.7 Å². The predicted molar refractivity (Wildman–Crippen MR) is 70.4 cm³/mol. The third-order valence-electron chi connectivity index (χ3n) is 3.96. The number of carbonyl (C=O) groups is 1. The van der Waals surface area contributed by atoms with Crippen LogP contribution in [-0.2, 0) is 14.3 Å². The lowest BCUT2D eigenvalue weighted by Crippen LogP contribution is -2.55. The van der Waals surface area contributed by atoms with Gasteiger partial charge in [0.2, 0.25) is 0 Å². The van der Waals surface area contributed by atoms with Crippen LogP contribution in [0.1, 0.15) is 40.5 Å². The van der Waals surface area contributed by atoms with Crippen molar-refractivity contribution < 1.29 is 14.3 Å². The molecule has 0 N–H and O–H groups in total. The Kier molecular flexibility index (Phi) is 3.03. The van der Waals surface area contributed by atoms with Crippen molar-refractivity contribution in [2.75, 3.05) is 0 Å². The van der Waals surface area contributed by atoms with Crippen molar-refractivity contribution in [2.24, 2.45) is 0 Å². The van der Waals surface area contributed by atoms with Crippen LogP contribution in [0.25, 0.3) is 0 Å². The van der Waals surface area contributed by atoms with Crippen LogP contribution in [0.15, 0.2) is 24.8 Å². The Morgan fingerprint density at radius 2 is 2.06 bits per heavy atom. The van der Waals surface area contributed by atoms with Gasteiger partial charge in [-0.1, -0.05) is 6.08 Å². The van der Waals surface area contributed by atoms with Gasteiger partial charge in [-0.15, -0.1) is 6.58 Å². The summed E-state index contributed by atoms with van der Waals surface area (Å²) in [5.74, 6) is -0.0138. The first-order chi connectivity index (χ1) is 8.21. The fraction of sp³-hybridized carbons (Fsp3) is 0.667. The van der Waals surface area contributed by atoms with Crippen LogP contribution in [0.4, 0.5) is 0 Å². The summed E-state index contributed by atoms with van der Waals surface area (Å²) in [5.41, 5.74) is -1.67. The van der Waals surface area contributed by atoms with E-state index in [0.717, 1.165) is 12.8 Å². The summed E-state index contributed by atoms with van der Waals surface area (Å²) in [6, 6.07) is 0. The van der Waals surface area contributed by atoms with Gasteiger partial charge in [0, 0.05) is 0 Å². The number of carbonyl (C=O) groups excluding carboxylic acids is 1. The summed E-state index contributed by atoms with van der Waals surface area (Å²) in [6.07, 6.45) is 6.71. The molecule has 2 aliphatic rings. The van der Waals surface area contributed by atoms with Gasteiger partial charge in [-0.2, -0.15) is 0 Å². The van der Waals surface area contributed by atoms with Gasteiger partial charge >= 0.3 is 0 Å². The number of rotatable bonds is 2. The summed E-state index contributed by atoms with van der Waals surface area (Å²) in [5, 5.41) is 0. The highest BCUT2D eigenvalue weighted by molar-refractivity contribution is 5.98. The average Bonchev–Trinajstić information content (AvgIpc) is 2.68. The van der Waals surface area contributed by atoms with E-state index in [1.54, 1.807) is 12.2 Å². The van der Waals surface area contributed by atoms with E-state index in [4.69, 9.17) is 9.47 Å². The molecule has 2 heterocycles. The first-order valence-electron chi connectivity index (χ1n) is 6.46. The van der Waals surface area contributed by atoms with E-state index in [1.165, 1.54) is 0 Å². The standard InChI is InChI=1S/C15H22O3/c1-6-14(4)10-8-12(17-14)15(5)11(16)7-9-13(2,3)18-15/h6-7,9,12H,1,8,10H2,2-5H3/t12?,14-,15-/m1/s1. The van der Waals surface area contributed by atoms with Crippen molar-refractivity contribution in [3.63, 3.8) is 0 Å². The molecule has 0 aromatic rings. The molecule has 100 valence electrons. The maximum Gasteiger partial charge on any atom is 0.189 e. The molecule has 0 amide bonds. The van der Waals surface area contributed by atoms with Gasteiger partial charge in [-0.3, -0.25) is 4.79 Å². The minimum absolute atomic E-state index is 0.0138. The molecule has 1 saturated heterocycles. The second-order valence-corrected chi connectivity index (χ2v) is 6.17. The van der Waals surface area contributed by atoms with E-state index in [-0.39, 0.29) is 17.5 Å². The minimum atomic E-state index is -0.890. The second-order valence-electron chi connectivity index (χ2n) is 6.17. The second kappa shape index (κ2) is 4.04. The summed E-state index contributed by atoms with van der Waals surface area (Å²) < 4.78 is 12.0. The lowest BCUT2D eigenvalue weighted by atomic mass is 9.86. The lowest BCUT2D eigenvalue weighted by Gasteiger charge is -2.42. The molecule has 2 rings (SSSR count). The molecule has 0 spiro atoms. The van der Waals surface area contributed by atoms with Crippen molar-refractivity contribution >= 4 is 5.78 Å². The fourth-order valence-corrected chi connectivity index (χ4v) is 2.70. The Morgan fingerprint density at radius 1 is 1.39 bits per heavy atom. The molecule has 0 radical (unpaired) electrons. The largest absolute Gasteiger partial charge is 0.364 e. The van der Waals surface area contributed by atoms with E-state index in [0.29, 0.717) is 0 Å². The maximum absolute atomic E-state index is 12.2. The molecule has 3 heteroatoms. The Hall–Kier alpha value is -0.930. The van der Waals surface area contributed by atoms with Crippen LogP contribution in [0, 0.1) is 0 Å². The monoisotopic (exact) mass is 250 g/mol. The third kappa shape index (κ3) is 2.17. The molecule has 3 atom stereocenters. The van der Waals surface area contributed by atoms with Crippen LogP contribution < -0.4 is 0 Å². The van der Waals surface area contributed by atoms with E-state index in [9.17, 15) is 4.79 Å². The van der Waals surface area contributed by atoms with Crippen LogP contribution in [0.2, 0.25) is 0 Å². The van der Waals surface area contributed by atoms with Crippen molar-refractivity contribution in [1.82, 2.24) is 0 Å². The van der Waals surface area contributed by atoms with E-state index in [1.807, 2.05) is 33.8 Å². The highest BCUT2D eigenvalue weighted by Gasteiger charge is 2.52. The molecule has 0 aliphatic carbocycles. The smallest absolute Gasteiger partial charge is 0.189 e. The zero-order valence-corrected chi connectivity index (χ0v) is 11.7. The molecular weight excluding hydrogens is 228 g/mol. The van der Waals surface area contributed by atoms with E-state index in [2.05, 4.69) is 6.58 Å². The molecule has 0 saturated carbocycles. The minimum Gasteiger partial charge on any atom is -0.364 e. The number of ether oxygens (including phenoxy) is 2. The molecule has 0 aromatic heterocycles. The van der Waals surface area contributed by atoms with Crippen LogP contribution >= 0.6 is 0 Å². The summed E-state index contributed by atoms with van der Waals surface area (Å²) in [7, 11) is 0. The highest BCUT2D eigenvalue weighted by Crippen LogP contribution is 2.41. The fourth-order valence-electron chi connectivity index (χ4n) is 2.70. The molecular formula is C15H22O3. The van der Waals surface area contributed by atoms with Gasteiger partial charge in [0.05, 0.1) is 17.3 Å². The van der Waals surface area contributed by atoms with Gasteiger partial charge in [-0.05, 0) is 52.7 Å². The van der Waals surface area contributed by atoms with Crippen molar-refractivity contribution in [3.8, 4) is 0 Å². The average molecular weight is 250 g/mol. The summed E-state index contributed by atoms with van der Waals surface area (Å²) >= 11 is 0. The van der Waals surface area contributed by atoms with E-state index < -0.39 is 11.2 Å². The van der Waals surface area contributed by atoms with E-state index >= 15 is 0 Å². The molecule has 18 heavy (non-hydrogen) atoms. The van der Waals surface area contributed by atoms with Gasteiger partial charge in [0.1, 0.15) is 0 Å². The van der Waals surface area contributed by atoms with Gasteiger partial charge < -0.3 is 9.47 Å². The molecule has 3 nitrogen and oxygen atoms in total. The van der Waals surface area contributed by atoms with Crippen molar-refractivity contribution in [2.45, 2.75) is 63.4 Å².